The van der Waals surface area contributed by atoms with Crippen molar-refractivity contribution in [3.05, 3.63) is 0 Å². The number of halogens is 1. The van der Waals surface area contributed by atoms with E-state index >= 15 is 0 Å². The Balaban J connectivity index is 3.85. The second kappa shape index (κ2) is 7.01. The van der Waals surface area contributed by atoms with Crippen LogP contribution >= 0.6 is 15.9 Å². The van der Waals surface area contributed by atoms with Gasteiger partial charge in [0.1, 0.15) is 0 Å². The van der Waals surface area contributed by atoms with Crippen LogP contribution in [0.3, 0.4) is 0 Å². The largest absolute Gasteiger partial charge is 0.409 e. The molecule has 0 aliphatic heterocycles. The summed E-state index contributed by atoms with van der Waals surface area (Å²) in [4.78, 5) is 0.946. The Morgan fingerprint density at radius 3 is 2.27 bits per heavy atom. The van der Waals surface area contributed by atoms with Crippen molar-refractivity contribution in [1.82, 2.24) is 0 Å². The smallest absolute Gasteiger partial charge is 0.197 e. The first-order valence-corrected chi connectivity index (χ1v) is 9.39. The van der Waals surface area contributed by atoms with Gasteiger partial charge in [-0.3, -0.25) is 0 Å². The number of rotatable bonds is 8. The van der Waals surface area contributed by atoms with Crippen LogP contribution in [-0.4, -0.2) is 45.8 Å². The molecule has 0 bridgehead atoms. The lowest BCUT2D eigenvalue weighted by atomic mass is 10.2. The Morgan fingerprint density at radius 2 is 1.80 bits per heavy atom. The molecule has 3 nitrogen and oxygen atoms in total. The number of alkyl halides is 1. The van der Waals surface area contributed by atoms with E-state index in [4.69, 9.17) is 13.9 Å². The highest BCUT2D eigenvalue weighted by molar-refractivity contribution is 9.09. The van der Waals surface area contributed by atoms with Gasteiger partial charge < -0.3 is 13.9 Å². The minimum absolute atomic E-state index is 0.211. The first-order valence-electron chi connectivity index (χ1n) is 5.16. The van der Waals surface area contributed by atoms with Gasteiger partial charge in [0, 0.05) is 12.1 Å². The Hall–Kier alpha value is 0.577. The second-order valence-corrected chi connectivity index (χ2v) is 10.5. The lowest BCUT2D eigenvalue weighted by molar-refractivity contribution is -0.0224. The van der Waals surface area contributed by atoms with Crippen molar-refractivity contribution in [1.29, 1.82) is 0 Å². The molecular formula is C10H23BrO3Si. The molecule has 0 amide bonds. The molecule has 0 N–H and O–H groups in total. The van der Waals surface area contributed by atoms with Gasteiger partial charge in [0.25, 0.3) is 0 Å². The summed E-state index contributed by atoms with van der Waals surface area (Å²) in [6.45, 7) is 10.4. The molecule has 0 aromatic rings. The second-order valence-electron chi connectivity index (χ2n) is 4.80. The molecule has 0 rings (SSSR count). The SMILES string of the molecule is COCCOCC(C)(C)O[Si](C)(C)CBr. The standard InChI is InChI=1S/C10H23BrO3Si/c1-10(2,8-13-7-6-12-3)14-15(4,5)9-11/h6-9H2,1-5H3. The summed E-state index contributed by atoms with van der Waals surface area (Å²) in [6, 6.07) is 0. The minimum atomic E-state index is -1.58. The van der Waals surface area contributed by atoms with Gasteiger partial charge in [0.05, 0.1) is 25.4 Å². The summed E-state index contributed by atoms with van der Waals surface area (Å²) in [5.74, 6) is 0. The first kappa shape index (κ1) is 15.6. The third-order valence-corrected chi connectivity index (χ3v) is 7.56. The van der Waals surface area contributed by atoms with Crippen molar-refractivity contribution in [3.63, 3.8) is 0 Å². The molecule has 0 unspecified atom stereocenters. The number of ether oxygens (including phenoxy) is 2. The number of hydrogen-bond acceptors (Lipinski definition) is 3. The lowest BCUT2D eigenvalue weighted by Gasteiger charge is -2.33. The molecule has 0 spiro atoms. The molecule has 5 heteroatoms. The molecule has 0 saturated carbocycles. The van der Waals surface area contributed by atoms with Crippen LogP contribution in [0, 0.1) is 0 Å². The highest BCUT2D eigenvalue weighted by atomic mass is 79.9. The third kappa shape index (κ3) is 8.39. The molecule has 0 radical (unpaired) electrons. The van der Waals surface area contributed by atoms with Gasteiger partial charge in [-0.05, 0) is 26.9 Å². The van der Waals surface area contributed by atoms with E-state index in [2.05, 4.69) is 42.9 Å². The van der Waals surface area contributed by atoms with E-state index in [0.717, 1.165) is 4.95 Å². The monoisotopic (exact) mass is 298 g/mol. The average molecular weight is 299 g/mol. The summed E-state index contributed by atoms with van der Waals surface area (Å²) in [6.07, 6.45) is 0. The maximum atomic E-state index is 6.08. The molecule has 0 aromatic heterocycles. The van der Waals surface area contributed by atoms with Crippen molar-refractivity contribution in [2.24, 2.45) is 0 Å². The molecule has 0 aliphatic rings. The summed E-state index contributed by atoms with van der Waals surface area (Å²) < 4.78 is 16.5. The summed E-state index contributed by atoms with van der Waals surface area (Å²) in [5.41, 5.74) is -0.211. The van der Waals surface area contributed by atoms with Crippen LogP contribution in [0.5, 0.6) is 0 Å². The van der Waals surface area contributed by atoms with Gasteiger partial charge in [-0.1, -0.05) is 15.9 Å². The first-order chi connectivity index (χ1) is 6.83. The molecule has 15 heavy (non-hydrogen) atoms. The molecular weight excluding hydrogens is 276 g/mol. The van der Waals surface area contributed by atoms with E-state index in [0.29, 0.717) is 19.8 Å². The van der Waals surface area contributed by atoms with Gasteiger partial charge in [0.15, 0.2) is 8.32 Å². The molecule has 0 saturated heterocycles. The van der Waals surface area contributed by atoms with Crippen LogP contribution in [0.4, 0.5) is 0 Å². The predicted octanol–water partition coefficient (Wildman–Crippen LogP) is 2.58. The number of methoxy groups -OCH3 is 1. The van der Waals surface area contributed by atoms with Crippen molar-refractivity contribution >= 4 is 24.2 Å². The van der Waals surface area contributed by atoms with Crippen molar-refractivity contribution in [3.8, 4) is 0 Å². The summed E-state index contributed by atoms with van der Waals surface area (Å²) in [7, 11) is 0.0967. The fourth-order valence-electron chi connectivity index (χ4n) is 1.26. The molecule has 92 valence electrons. The highest BCUT2D eigenvalue weighted by Crippen LogP contribution is 2.19. The van der Waals surface area contributed by atoms with E-state index in [-0.39, 0.29) is 5.60 Å². The zero-order valence-corrected chi connectivity index (χ0v) is 13.0. The molecule has 0 heterocycles. The zero-order chi connectivity index (χ0) is 11.9. The highest BCUT2D eigenvalue weighted by Gasteiger charge is 2.30. The maximum absolute atomic E-state index is 6.08. The van der Waals surface area contributed by atoms with Crippen LogP contribution in [0.15, 0.2) is 0 Å². The van der Waals surface area contributed by atoms with Crippen LogP contribution < -0.4 is 0 Å². The maximum Gasteiger partial charge on any atom is 0.197 e. The fourth-order valence-corrected chi connectivity index (χ4v) is 3.22. The van der Waals surface area contributed by atoms with Gasteiger partial charge >= 0.3 is 0 Å². The van der Waals surface area contributed by atoms with Crippen LogP contribution in [0.2, 0.25) is 13.1 Å². The van der Waals surface area contributed by atoms with Crippen molar-refractivity contribution in [2.75, 3.05) is 31.9 Å². The Bertz CT molecular complexity index is 174. The topological polar surface area (TPSA) is 27.7 Å². The van der Waals surface area contributed by atoms with Gasteiger partial charge in [-0.25, -0.2) is 0 Å². The number of hydrogen-bond donors (Lipinski definition) is 0. The summed E-state index contributed by atoms with van der Waals surface area (Å²) in [5, 5.41) is 0. The molecule has 0 fully saturated rings. The van der Waals surface area contributed by atoms with Crippen LogP contribution in [0.25, 0.3) is 0 Å². The Labute approximate surface area is 103 Å². The van der Waals surface area contributed by atoms with E-state index in [1.54, 1.807) is 7.11 Å². The van der Waals surface area contributed by atoms with Crippen LogP contribution in [-0.2, 0) is 13.9 Å². The average Bonchev–Trinajstić information content (AvgIpc) is 2.11. The Kier molecular flexibility index (Phi) is 7.28. The van der Waals surface area contributed by atoms with E-state index in [9.17, 15) is 0 Å². The third-order valence-electron chi connectivity index (χ3n) is 1.76. The molecule has 0 atom stereocenters. The van der Waals surface area contributed by atoms with Crippen LogP contribution in [0.1, 0.15) is 13.8 Å². The van der Waals surface area contributed by atoms with Crippen molar-refractivity contribution < 1.29 is 13.9 Å². The van der Waals surface area contributed by atoms with E-state index in [1.165, 1.54) is 0 Å². The zero-order valence-electron chi connectivity index (χ0n) is 10.4. The Morgan fingerprint density at radius 1 is 1.20 bits per heavy atom. The summed E-state index contributed by atoms with van der Waals surface area (Å²) >= 11 is 3.49. The van der Waals surface area contributed by atoms with Crippen molar-refractivity contribution in [2.45, 2.75) is 32.5 Å². The predicted molar refractivity (Wildman–Crippen MR) is 69.1 cm³/mol. The van der Waals surface area contributed by atoms with Gasteiger partial charge in [-0.15, -0.1) is 0 Å². The lowest BCUT2D eigenvalue weighted by Crippen LogP contribution is -2.45. The normalized spacial score (nSPS) is 13.2. The molecule has 0 aromatic carbocycles. The minimum Gasteiger partial charge on any atom is -0.409 e. The quantitative estimate of drug-likeness (QED) is 0.392. The van der Waals surface area contributed by atoms with Gasteiger partial charge in [0.2, 0.25) is 0 Å². The molecule has 0 aliphatic carbocycles. The van der Waals surface area contributed by atoms with E-state index < -0.39 is 8.32 Å². The van der Waals surface area contributed by atoms with E-state index in [1.807, 2.05) is 0 Å². The fraction of sp³-hybridized carbons (Fsp3) is 1.00. The van der Waals surface area contributed by atoms with Gasteiger partial charge in [-0.2, -0.15) is 0 Å².